The van der Waals surface area contributed by atoms with Crippen LogP contribution in [0.1, 0.15) is 71.1 Å². The zero-order chi connectivity index (χ0) is 13.4. The summed E-state index contributed by atoms with van der Waals surface area (Å²) in [6, 6.07) is 1.06. The molecule has 0 saturated heterocycles. The van der Waals surface area contributed by atoms with Crippen molar-refractivity contribution in [3.63, 3.8) is 0 Å². The first-order chi connectivity index (χ1) is 8.58. The lowest BCUT2D eigenvalue weighted by molar-refractivity contribution is 0.381. The maximum absolute atomic E-state index is 6.15. The lowest BCUT2D eigenvalue weighted by Crippen LogP contribution is -2.27. The van der Waals surface area contributed by atoms with Crippen LogP contribution in [0.2, 0.25) is 0 Å². The van der Waals surface area contributed by atoms with Crippen LogP contribution in [0.25, 0.3) is 0 Å². The number of rotatable bonds is 0. The Bertz CT molecular complexity index is 166. The third kappa shape index (κ3) is 7.34. The van der Waals surface area contributed by atoms with E-state index in [9.17, 15) is 0 Å². The first kappa shape index (κ1) is 15.9. The average Bonchev–Trinajstić information content (AvgIpc) is 2.33. The lowest BCUT2D eigenvalue weighted by atomic mass is 9.91. The molecule has 6 N–H and O–H groups in total. The highest BCUT2D eigenvalue weighted by Gasteiger charge is 2.12. The minimum absolute atomic E-state index is 0.324. The molecular formula is C15H33N3. The van der Waals surface area contributed by atoms with Gasteiger partial charge in [0, 0.05) is 18.1 Å². The molecule has 0 spiro atoms. The molecule has 0 bridgehead atoms. The zero-order valence-electron chi connectivity index (χ0n) is 12.1. The average molecular weight is 255 g/mol. The summed E-state index contributed by atoms with van der Waals surface area (Å²) in [5, 5.41) is 0. The fraction of sp³-hybridized carbons (Fsp3) is 1.00. The highest BCUT2D eigenvalue weighted by Crippen LogP contribution is 2.19. The van der Waals surface area contributed by atoms with Gasteiger partial charge in [0.15, 0.2) is 0 Å². The fourth-order valence-electron chi connectivity index (χ4n) is 2.87. The lowest BCUT2D eigenvalue weighted by Gasteiger charge is -2.20. The summed E-state index contributed by atoms with van der Waals surface area (Å²) in [6.45, 7) is 2.35. The van der Waals surface area contributed by atoms with Crippen molar-refractivity contribution in [3.8, 4) is 0 Å². The first-order valence-corrected chi connectivity index (χ1v) is 7.84. The van der Waals surface area contributed by atoms with E-state index in [-0.39, 0.29) is 0 Å². The maximum atomic E-state index is 6.15. The number of nitrogens with two attached hydrogens (primary N) is 3. The number of hydrogen-bond donors (Lipinski definition) is 3. The Kier molecular flexibility index (Phi) is 7.87. The molecule has 0 aromatic carbocycles. The Morgan fingerprint density at radius 3 is 1.44 bits per heavy atom. The standard InChI is InChI=1S/C15H33N3/c1-12-4-2-5-14(17)10-11-15(18)7-3-6-13(16)9-8-12/h12-15H,2-11,16-18H2,1H3. The normalized spacial score (nSPS) is 38.0. The van der Waals surface area contributed by atoms with E-state index in [1.165, 1.54) is 32.1 Å². The van der Waals surface area contributed by atoms with E-state index in [4.69, 9.17) is 17.2 Å². The van der Waals surface area contributed by atoms with Gasteiger partial charge in [-0.2, -0.15) is 0 Å². The van der Waals surface area contributed by atoms with E-state index in [1.54, 1.807) is 0 Å². The molecule has 1 aliphatic rings. The third-order valence-corrected chi connectivity index (χ3v) is 4.36. The smallest absolute Gasteiger partial charge is 0.00394 e. The van der Waals surface area contributed by atoms with Crippen molar-refractivity contribution in [1.29, 1.82) is 0 Å². The molecule has 0 radical (unpaired) electrons. The van der Waals surface area contributed by atoms with E-state index in [1.807, 2.05) is 0 Å². The van der Waals surface area contributed by atoms with E-state index < -0.39 is 0 Å². The summed E-state index contributed by atoms with van der Waals surface area (Å²) in [5.41, 5.74) is 18.4. The van der Waals surface area contributed by atoms with Crippen LogP contribution in [-0.4, -0.2) is 18.1 Å². The van der Waals surface area contributed by atoms with Gasteiger partial charge in [-0.25, -0.2) is 0 Å². The molecule has 4 atom stereocenters. The molecule has 0 aromatic heterocycles. The second-order valence-corrected chi connectivity index (χ2v) is 6.40. The van der Waals surface area contributed by atoms with Crippen molar-refractivity contribution >= 4 is 0 Å². The van der Waals surface area contributed by atoms with Crippen LogP contribution in [0.15, 0.2) is 0 Å². The highest BCUT2D eigenvalue weighted by atomic mass is 14.7. The monoisotopic (exact) mass is 255 g/mol. The maximum Gasteiger partial charge on any atom is 0.00394 e. The van der Waals surface area contributed by atoms with E-state index in [0.29, 0.717) is 18.1 Å². The Hall–Kier alpha value is -0.120. The highest BCUT2D eigenvalue weighted by molar-refractivity contribution is 4.72. The van der Waals surface area contributed by atoms with Crippen LogP contribution in [0.3, 0.4) is 0 Å². The number of hydrogen-bond acceptors (Lipinski definition) is 3. The van der Waals surface area contributed by atoms with Crippen LogP contribution in [0.4, 0.5) is 0 Å². The van der Waals surface area contributed by atoms with Crippen LogP contribution in [-0.2, 0) is 0 Å². The molecule has 3 nitrogen and oxygen atoms in total. The first-order valence-electron chi connectivity index (χ1n) is 7.84. The topological polar surface area (TPSA) is 78.1 Å². The fourth-order valence-corrected chi connectivity index (χ4v) is 2.87. The van der Waals surface area contributed by atoms with Crippen molar-refractivity contribution in [2.75, 3.05) is 0 Å². The Morgan fingerprint density at radius 2 is 0.944 bits per heavy atom. The van der Waals surface area contributed by atoms with Gasteiger partial charge in [-0.3, -0.25) is 0 Å². The van der Waals surface area contributed by atoms with Gasteiger partial charge < -0.3 is 17.2 Å². The van der Waals surface area contributed by atoms with Gasteiger partial charge in [0.1, 0.15) is 0 Å². The molecule has 18 heavy (non-hydrogen) atoms. The van der Waals surface area contributed by atoms with Crippen LogP contribution in [0, 0.1) is 5.92 Å². The third-order valence-electron chi connectivity index (χ3n) is 4.36. The van der Waals surface area contributed by atoms with E-state index >= 15 is 0 Å². The van der Waals surface area contributed by atoms with Crippen molar-refractivity contribution in [2.45, 2.75) is 89.3 Å². The minimum atomic E-state index is 0.324. The van der Waals surface area contributed by atoms with Gasteiger partial charge in [-0.05, 0) is 50.9 Å². The second kappa shape index (κ2) is 8.89. The quantitative estimate of drug-likeness (QED) is 0.622. The van der Waals surface area contributed by atoms with Crippen molar-refractivity contribution in [2.24, 2.45) is 23.1 Å². The summed E-state index contributed by atoms with van der Waals surface area (Å²) in [7, 11) is 0. The van der Waals surface area contributed by atoms with Crippen molar-refractivity contribution in [1.82, 2.24) is 0 Å². The molecule has 108 valence electrons. The van der Waals surface area contributed by atoms with Gasteiger partial charge >= 0.3 is 0 Å². The van der Waals surface area contributed by atoms with Crippen molar-refractivity contribution in [3.05, 3.63) is 0 Å². The summed E-state index contributed by atoms with van der Waals surface area (Å²) >= 11 is 0. The molecule has 3 heteroatoms. The zero-order valence-corrected chi connectivity index (χ0v) is 12.1. The van der Waals surface area contributed by atoms with Crippen LogP contribution < -0.4 is 17.2 Å². The second-order valence-electron chi connectivity index (χ2n) is 6.40. The summed E-state index contributed by atoms with van der Waals surface area (Å²) < 4.78 is 0. The molecule has 0 aromatic rings. The van der Waals surface area contributed by atoms with E-state index in [2.05, 4.69) is 6.92 Å². The summed E-state index contributed by atoms with van der Waals surface area (Å²) in [5.74, 6) is 0.799. The van der Waals surface area contributed by atoms with Gasteiger partial charge in [-0.1, -0.05) is 26.2 Å². The predicted molar refractivity (Wildman–Crippen MR) is 79.3 cm³/mol. The molecule has 1 fully saturated rings. The molecule has 0 amide bonds. The van der Waals surface area contributed by atoms with Gasteiger partial charge in [0.2, 0.25) is 0 Å². The predicted octanol–water partition coefficient (Wildman–Crippen LogP) is 2.52. The molecule has 1 aliphatic carbocycles. The van der Waals surface area contributed by atoms with Crippen LogP contribution in [0.5, 0.6) is 0 Å². The summed E-state index contributed by atoms with van der Waals surface area (Å²) in [4.78, 5) is 0. The molecular weight excluding hydrogens is 222 g/mol. The Balaban J connectivity index is 2.36. The Morgan fingerprint density at radius 1 is 0.556 bits per heavy atom. The van der Waals surface area contributed by atoms with Gasteiger partial charge in [-0.15, -0.1) is 0 Å². The SMILES string of the molecule is CC1CCCC(N)CCC(N)CCCC(N)CC1. The van der Waals surface area contributed by atoms with Crippen LogP contribution >= 0.6 is 0 Å². The van der Waals surface area contributed by atoms with Gasteiger partial charge in [0.05, 0.1) is 0 Å². The minimum Gasteiger partial charge on any atom is -0.328 e. The molecule has 4 unspecified atom stereocenters. The molecule has 1 rings (SSSR count). The molecule has 1 saturated carbocycles. The molecule has 0 aliphatic heterocycles. The molecule has 0 heterocycles. The van der Waals surface area contributed by atoms with Gasteiger partial charge in [0.25, 0.3) is 0 Å². The van der Waals surface area contributed by atoms with Crippen molar-refractivity contribution < 1.29 is 0 Å². The summed E-state index contributed by atoms with van der Waals surface area (Å²) in [6.07, 6.45) is 11.7. The van der Waals surface area contributed by atoms with E-state index in [0.717, 1.165) is 38.0 Å². The largest absolute Gasteiger partial charge is 0.328 e. The Labute approximate surface area is 113 Å².